The lowest BCUT2D eigenvalue weighted by atomic mass is 9.59. The fourth-order valence-electron chi connectivity index (χ4n) is 3.25. The van der Waals surface area contributed by atoms with Crippen LogP contribution in [0, 0.1) is 11.3 Å². The van der Waals surface area contributed by atoms with Crippen LogP contribution in [0.15, 0.2) is 0 Å². The molecule has 0 unspecified atom stereocenters. The zero-order valence-electron chi connectivity index (χ0n) is 9.21. The van der Waals surface area contributed by atoms with E-state index in [1.807, 2.05) is 0 Å². The topological polar surface area (TPSA) is 26.3 Å². The summed E-state index contributed by atoms with van der Waals surface area (Å²) < 4.78 is 5.40. The van der Waals surface area contributed by atoms with Crippen molar-refractivity contribution in [2.24, 2.45) is 11.3 Å². The van der Waals surface area contributed by atoms with E-state index < -0.39 is 0 Å². The van der Waals surface area contributed by atoms with Gasteiger partial charge in [0.25, 0.3) is 0 Å². The zero-order chi connectivity index (χ0) is 10.2. The molecule has 2 aliphatic rings. The fourth-order valence-corrected chi connectivity index (χ4v) is 3.25. The van der Waals surface area contributed by atoms with Gasteiger partial charge in [0.05, 0.1) is 6.10 Å². The first-order valence-electron chi connectivity index (χ1n) is 5.73. The summed E-state index contributed by atoms with van der Waals surface area (Å²) in [5.74, 6) is 1.12. The second kappa shape index (κ2) is 3.65. The summed E-state index contributed by atoms with van der Waals surface area (Å²) in [6, 6.07) is 0. The number of carbonyl (C=O) groups is 1. The molecule has 2 fully saturated rings. The highest BCUT2D eigenvalue weighted by atomic mass is 16.5. The minimum Gasteiger partial charge on any atom is -0.381 e. The molecule has 0 aromatic heterocycles. The third kappa shape index (κ3) is 1.50. The molecule has 80 valence electrons. The van der Waals surface area contributed by atoms with Crippen LogP contribution >= 0.6 is 0 Å². The van der Waals surface area contributed by atoms with Gasteiger partial charge < -0.3 is 4.74 Å². The third-order valence-electron chi connectivity index (χ3n) is 4.32. The highest BCUT2D eigenvalue weighted by Crippen LogP contribution is 2.48. The minimum atomic E-state index is -0.0584. The van der Waals surface area contributed by atoms with E-state index in [0.717, 1.165) is 25.7 Å². The van der Waals surface area contributed by atoms with E-state index in [-0.39, 0.29) is 5.41 Å². The second-order valence-electron chi connectivity index (χ2n) is 5.07. The molecule has 0 bridgehead atoms. The van der Waals surface area contributed by atoms with E-state index in [4.69, 9.17) is 4.74 Å². The van der Waals surface area contributed by atoms with Crippen molar-refractivity contribution in [3.05, 3.63) is 0 Å². The lowest BCUT2D eigenvalue weighted by molar-refractivity contribution is -0.140. The number of hydrogen-bond acceptors (Lipinski definition) is 2. The van der Waals surface area contributed by atoms with Gasteiger partial charge in [0.15, 0.2) is 0 Å². The Balaban J connectivity index is 2.15. The maximum atomic E-state index is 12.0. The van der Waals surface area contributed by atoms with Gasteiger partial charge in [-0.15, -0.1) is 0 Å². The number of rotatable bonds is 1. The average Bonchev–Trinajstić information content (AvgIpc) is 2.19. The summed E-state index contributed by atoms with van der Waals surface area (Å²) in [7, 11) is 1.77. The molecule has 2 aliphatic carbocycles. The van der Waals surface area contributed by atoms with E-state index in [2.05, 4.69) is 6.92 Å². The van der Waals surface area contributed by atoms with Crippen LogP contribution in [0.2, 0.25) is 0 Å². The van der Waals surface area contributed by atoms with Crippen LogP contribution in [0.1, 0.15) is 45.4 Å². The van der Waals surface area contributed by atoms with E-state index in [1.54, 1.807) is 7.11 Å². The maximum absolute atomic E-state index is 12.0. The van der Waals surface area contributed by atoms with Crippen LogP contribution in [0.4, 0.5) is 0 Å². The van der Waals surface area contributed by atoms with Crippen LogP contribution in [0.5, 0.6) is 0 Å². The number of hydrogen-bond donors (Lipinski definition) is 0. The standard InChI is InChI=1S/C12H20O2/c1-12-8-10(14-2)7-6-9(12)4-3-5-11(12)13/h9-10H,3-8H2,1-2H3/t9-,10-,12+/m0/s1. The first kappa shape index (κ1) is 10.2. The Hall–Kier alpha value is -0.370. The average molecular weight is 196 g/mol. The van der Waals surface area contributed by atoms with Gasteiger partial charge in [0, 0.05) is 18.9 Å². The van der Waals surface area contributed by atoms with Crippen molar-refractivity contribution in [1.82, 2.24) is 0 Å². The summed E-state index contributed by atoms with van der Waals surface area (Å²) in [4.78, 5) is 12.0. The van der Waals surface area contributed by atoms with Crippen LogP contribution < -0.4 is 0 Å². The molecule has 0 saturated heterocycles. The van der Waals surface area contributed by atoms with Crippen molar-refractivity contribution >= 4 is 5.78 Å². The number of carbonyl (C=O) groups excluding carboxylic acids is 1. The molecule has 0 aromatic rings. The minimum absolute atomic E-state index is 0.0584. The molecule has 0 N–H and O–H groups in total. The Kier molecular flexibility index (Phi) is 2.65. The van der Waals surface area contributed by atoms with Crippen LogP contribution in [0.25, 0.3) is 0 Å². The smallest absolute Gasteiger partial charge is 0.139 e. The molecular weight excluding hydrogens is 176 g/mol. The highest BCUT2D eigenvalue weighted by Gasteiger charge is 2.47. The van der Waals surface area contributed by atoms with Gasteiger partial charge in [-0.2, -0.15) is 0 Å². The Labute approximate surface area is 86.0 Å². The van der Waals surface area contributed by atoms with Gasteiger partial charge in [-0.05, 0) is 38.0 Å². The Morgan fingerprint density at radius 1 is 1.36 bits per heavy atom. The summed E-state index contributed by atoms with van der Waals surface area (Å²) in [6.07, 6.45) is 6.75. The predicted octanol–water partition coefficient (Wildman–Crippen LogP) is 2.56. The van der Waals surface area contributed by atoms with Crippen molar-refractivity contribution in [2.45, 2.75) is 51.6 Å². The zero-order valence-corrected chi connectivity index (χ0v) is 9.21. The molecule has 2 saturated carbocycles. The third-order valence-corrected chi connectivity index (χ3v) is 4.32. The maximum Gasteiger partial charge on any atom is 0.139 e. The van der Waals surface area contributed by atoms with Crippen LogP contribution in [-0.4, -0.2) is 19.0 Å². The van der Waals surface area contributed by atoms with Gasteiger partial charge in [0.2, 0.25) is 0 Å². The molecule has 2 rings (SSSR count). The highest BCUT2D eigenvalue weighted by molar-refractivity contribution is 5.85. The van der Waals surface area contributed by atoms with Crippen molar-refractivity contribution in [3.8, 4) is 0 Å². The van der Waals surface area contributed by atoms with Gasteiger partial charge in [-0.25, -0.2) is 0 Å². The van der Waals surface area contributed by atoms with Crippen molar-refractivity contribution in [2.75, 3.05) is 7.11 Å². The normalized spacial score (nSPS) is 43.4. The van der Waals surface area contributed by atoms with Crippen molar-refractivity contribution in [3.63, 3.8) is 0 Å². The van der Waals surface area contributed by atoms with Gasteiger partial charge in [-0.3, -0.25) is 4.79 Å². The molecule has 0 aliphatic heterocycles. The first-order valence-corrected chi connectivity index (χ1v) is 5.73. The van der Waals surface area contributed by atoms with E-state index >= 15 is 0 Å². The van der Waals surface area contributed by atoms with Crippen molar-refractivity contribution in [1.29, 1.82) is 0 Å². The SMILES string of the molecule is CO[C@H]1CC[C@@H]2CCCC(=O)[C@]2(C)C1. The summed E-state index contributed by atoms with van der Waals surface area (Å²) in [6.45, 7) is 2.16. The molecule has 0 radical (unpaired) electrons. The molecule has 14 heavy (non-hydrogen) atoms. The van der Waals surface area contributed by atoms with E-state index in [0.29, 0.717) is 17.8 Å². The van der Waals surface area contributed by atoms with Gasteiger partial charge in [-0.1, -0.05) is 6.92 Å². The van der Waals surface area contributed by atoms with E-state index in [1.165, 1.54) is 12.8 Å². The predicted molar refractivity (Wildman–Crippen MR) is 55.1 cm³/mol. The Bertz CT molecular complexity index is 236. The summed E-state index contributed by atoms with van der Waals surface area (Å²) >= 11 is 0. The Morgan fingerprint density at radius 2 is 2.14 bits per heavy atom. The van der Waals surface area contributed by atoms with Crippen LogP contribution in [0.3, 0.4) is 0 Å². The number of fused-ring (bicyclic) bond motifs is 1. The number of ether oxygens (including phenoxy) is 1. The molecular formula is C12H20O2. The molecule has 0 amide bonds. The molecule has 0 heterocycles. The molecule has 2 heteroatoms. The first-order chi connectivity index (χ1) is 6.66. The number of ketones is 1. The molecule has 2 nitrogen and oxygen atoms in total. The number of methoxy groups -OCH3 is 1. The van der Waals surface area contributed by atoms with Crippen LogP contribution in [-0.2, 0) is 9.53 Å². The number of Topliss-reactive ketones (excluding diaryl/α,β-unsaturated/α-hetero) is 1. The summed E-state index contributed by atoms with van der Waals surface area (Å²) in [5.41, 5.74) is -0.0584. The van der Waals surface area contributed by atoms with Crippen molar-refractivity contribution < 1.29 is 9.53 Å². The van der Waals surface area contributed by atoms with Gasteiger partial charge in [0.1, 0.15) is 5.78 Å². The largest absolute Gasteiger partial charge is 0.381 e. The van der Waals surface area contributed by atoms with Gasteiger partial charge >= 0.3 is 0 Å². The molecule has 3 atom stereocenters. The quantitative estimate of drug-likeness (QED) is 0.644. The molecule has 0 spiro atoms. The lowest BCUT2D eigenvalue weighted by Crippen LogP contribution is -2.45. The Morgan fingerprint density at radius 3 is 2.86 bits per heavy atom. The summed E-state index contributed by atoms with van der Waals surface area (Å²) in [5, 5.41) is 0. The van der Waals surface area contributed by atoms with E-state index in [9.17, 15) is 4.79 Å². The molecule has 0 aromatic carbocycles. The monoisotopic (exact) mass is 196 g/mol. The fraction of sp³-hybridized carbons (Fsp3) is 0.917. The second-order valence-corrected chi connectivity index (χ2v) is 5.07. The lowest BCUT2D eigenvalue weighted by Gasteiger charge is -2.46.